The lowest BCUT2D eigenvalue weighted by Crippen LogP contribution is -2.20. The molecule has 2 aromatic carbocycles. The molecule has 0 aliphatic heterocycles. The van der Waals surface area contributed by atoms with Gasteiger partial charge in [0.2, 0.25) is 17.8 Å². The minimum Gasteiger partial charge on any atom is -0.366 e. The standard InChI is InChI=1S/C36H36N12O3/c1-5-47-28(11-12-40-47)33-39-19-25-24-17-22(31(37)49)9-10-27(24)45(34(25)42-33)13-7-8-14-46-30-20(3)15-23(32(38)50)18-26(30)41-36(46)43-35(51)29-16-21(4)44-48(29)6-2/h7-12,15-19H,5-6,13-14H2,1-4H3,(H2,37,49)(H2,38,50)(H,41,43,51). The molecule has 0 fully saturated rings. The number of nitrogens with one attached hydrogen (secondary N) is 1. The van der Waals surface area contributed by atoms with Crippen LogP contribution in [0.3, 0.4) is 0 Å². The maximum atomic E-state index is 13.5. The quantitative estimate of drug-likeness (QED) is 0.167. The van der Waals surface area contributed by atoms with Gasteiger partial charge in [0.15, 0.2) is 5.82 Å². The number of imidazole rings is 1. The Morgan fingerprint density at radius 2 is 1.59 bits per heavy atom. The first-order valence-electron chi connectivity index (χ1n) is 16.5. The molecular formula is C36H36N12O3. The van der Waals surface area contributed by atoms with Crippen molar-refractivity contribution in [1.29, 1.82) is 0 Å². The van der Waals surface area contributed by atoms with Crippen molar-refractivity contribution in [3.05, 3.63) is 95.1 Å². The normalized spacial score (nSPS) is 11.8. The molecule has 7 rings (SSSR count). The van der Waals surface area contributed by atoms with Crippen LogP contribution in [0, 0.1) is 13.8 Å². The van der Waals surface area contributed by atoms with Crippen LogP contribution in [-0.2, 0) is 26.2 Å². The number of allylic oxidation sites excluding steroid dienone is 2. The van der Waals surface area contributed by atoms with Crippen LogP contribution in [0.2, 0.25) is 0 Å². The topological polar surface area (TPSA) is 199 Å². The molecular weight excluding hydrogens is 648 g/mol. The zero-order valence-corrected chi connectivity index (χ0v) is 28.6. The summed E-state index contributed by atoms with van der Waals surface area (Å²) in [5.74, 6) is -0.605. The van der Waals surface area contributed by atoms with E-state index in [-0.39, 0.29) is 5.91 Å². The van der Waals surface area contributed by atoms with Crippen molar-refractivity contribution in [3.63, 3.8) is 0 Å². The van der Waals surface area contributed by atoms with Crippen LogP contribution >= 0.6 is 0 Å². The van der Waals surface area contributed by atoms with Crippen molar-refractivity contribution in [3.8, 4) is 11.5 Å². The molecule has 15 heteroatoms. The lowest BCUT2D eigenvalue weighted by atomic mass is 10.1. The summed E-state index contributed by atoms with van der Waals surface area (Å²) >= 11 is 0. The Balaban J connectivity index is 1.27. The third-order valence-electron chi connectivity index (χ3n) is 8.85. The smallest absolute Gasteiger partial charge is 0.276 e. The summed E-state index contributed by atoms with van der Waals surface area (Å²) in [5.41, 5.74) is 17.5. The molecule has 0 bridgehead atoms. The SMILES string of the molecule is CCn1nc(C)cc1C(=O)Nc1nc2cc(C(N)=O)cc(C)c2n1CC=CCn1c2ccc(C(N)=O)cc2c2cnc(-c3ccnn3CC)nc21. The molecule has 258 valence electrons. The summed E-state index contributed by atoms with van der Waals surface area (Å²) in [5, 5.41) is 13.3. The van der Waals surface area contributed by atoms with Crippen LogP contribution in [0.15, 0.2) is 67.0 Å². The number of anilines is 1. The minimum atomic E-state index is -0.567. The van der Waals surface area contributed by atoms with E-state index in [4.69, 9.17) is 21.4 Å². The van der Waals surface area contributed by atoms with Gasteiger partial charge in [0.1, 0.15) is 17.0 Å². The molecule has 0 saturated carbocycles. The zero-order chi connectivity index (χ0) is 36.0. The van der Waals surface area contributed by atoms with E-state index in [1.807, 2.05) is 61.2 Å². The number of hydrogen-bond acceptors (Lipinski definition) is 8. The number of aromatic nitrogens is 9. The van der Waals surface area contributed by atoms with Gasteiger partial charge in [-0.25, -0.2) is 15.0 Å². The maximum absolute atomic E-state index is 13.5. The number of primary amides is 2. The fourth-order valence-corrected chi connectivity index (χ4v) is 6.49. The van der Waals surface area contributed by atoms with Crippen molar-refractivity contribution in [2.75, 3.05) is 5.32 Å². The highest BCUT2D eigenvalue weighted by molar-refractivity contribution is 6.09. The fourth-order valence-electron chi connectivity index (χ4n) is 6.49. The number of benzene rings is 2. The number of nitrogens with zero attached hydrogens (tertiary/aromatic N) is 9. The van der Waals surface area contributed by atoms with Crippen LogP contribution in [-0.4, -0.2) is 61.4 Å². The number of hydrogen-bond donors (Lipinski definition) is 3. The molecule has 0 saturated heterocycles. The number of rotatable bonds is 11. The molecule has 7 aromatic rings. The van der Waals surface area contributed by atoms with Gasteiger partial charge in [0.25, 0.3) is 5.91 Å². The van der Waals surface area contributed by atoms with E-state index < -0.39 is 11.8 Å². The van der Waals surface area contributed by atoms with Crippen LogP contribution in [0.5, 0.6) is 0 Å². The molecule has 0 spiro atoms. The number of fused-ring (bicyclic) bond motifs is 4. The van der Waals surface area contributed by atoms with E-state index in [1.165, 1.54) is 0 Å². The van der Waals surface area contributed by atoms with E-state index in [0.29, 0.717) is 65.9 Å². The Morgan fingerprint density at radius 1 is 0.843 bits per heavy atom. The highest BCUT2D eigenvalue weighted by Crippen LogP contribution is 2.31. The van der Waals surface area contributed by atoms with E-state index in [0.717, 1.165) is 38.8 Å². The second-order valence-electron chi connectivity index (χ2n) is 12.2. The van der Waals surface area contributed by atoms with Gasteiger partial charge < -0.3 is 20.6 Å². The first kappa shape index (κ1) is 32.9. The Bertz CT molecular complexity index is 2550. The summed E-state index contributed by atoms with van der Waals surface area (Å²) in [6, 6.07) is 12.3. The number of carbonyl (C=O) groups is 3. The van der Waals surface area contributed by atoms with E-state index in [2.05, 4.69) is 25.1 Å². The van der Waals surface area contributed by atoms with Crippen molar-refractivity contribution in [2.45, 2.75) is 53.9 Å². The molecule has 15 nitrogen and oxygen atoms in total. The predicted molar refractivity (Wildman–Crippen MR) is 193 cm³/mol. The zero-order valence-electron chi connectivity index (χ0n) is 28.6. The van der Waals surface area contributed by atoms with Gasteiger partial charge in [-0.15, -0.1) is 0 Å². The van der Waals surface area contributed by atoms with Gasteiger partial charge in [-0.1, -0.05) is 12.2 Å². The molecule has 5 N–H and O–H groups in total. The maximum Gasteiger partial charge on any atom is 0.276 e. The Kier molecular flexibility index (Phi) is 8.38. The van der Waals surface area contributed by atoms with Crippen LogP contribution < -0.4 is 16.8 Å². The average molecular weight is 685 g/mol. The second-order valence-corrected chi connectivity index (χ2v) is 12.2. The Morgan fingerprint density at radius 3 is 2.31 bits per heavy atom. The first-order chi connectivity index (χ1) is 24.6. The second kappa shape index (κ2) is 13.0. The van der Waals surface area contributed by atoms with E-state index >= 15 is 0 Å². The van der Waals surface area contributed by atoms with Gasteiger partial charge in [-0.2, -0.15) is 10.2 Å². The van der Waals surface area contributed by atoms with Crippen molar-refractivity contribution in [1.82, 2.24) is 43.6 Å². The molecule has 51 heavy (non-hydrogen) atoms. The third kappa shape index (κ3) is 5.88. The highest BCUT2D eigenvalue weighted by atomic mass is 16.2. The van der Waals surface area contributed by atoms with Crippen molar-refractivity contribution >= 4 is 56.6 Å². The lowest BCUT2D eigenvalue weighted by Gasteiger charge is -2.10. The summed E-state index contributed by atoms with van der Waals surface area (Å²) in [6.07, 6.45) is 7.46. The molecule has 0 radical (unpaired) electrons. The predicted octanol–water partition coefficient (Wildman–Crippen LogP) is 4.36. The Labute approximate surface area is 291 Å². The summed E-state index contributed by atoms with van der Waals surface area (Å²) in [6.45, 7) is 9.57. The monoisotopic (exact) mass is 684 g/mol. The molecule has 0 aliphatic rings. The Hall–Kier alpha value is -6.64. The number of carbonyl (C=O) groups excluding carboxylic acids is 3. The van der Waals surface area contributed by atoms with Crippen molar-refractivity contribution in [2.24, 2.45) is 11.5 Å². The molecule has 0 unspecified atom stereocenters. The van der Waals surface area contributed by atoms with Gasteiger partial charge in [-0.05, 0) is 75.7 Å². The van der Waals surface area contributed by atoms with E-state index in [9.17, 15) is 14.4 Å². The fraction of sp³-hybridized carbons (Fsp3) is 0.222. The van der Waals surface area contributed by atoms with Crippen LogP contribution in [0.1, 0.15) is 56.3 Å². The molecule has 3 amide bonds. The summed E-state index contributed by atoms with van der Waals surface area (Å²) < 4.78 is 7.41. The van der Waals surface area contributed by atoms with Gasteiger partial charge in [0.05, 0.1) is 22.2 Å². The highest BCUT2D eigenvalue weighted by Gasteiger charge is 2.21. The molecule has 5 heterocycles. The molecule has 0 atom stereocenters. The van der Waals surface area contributed by atoms with Gasteiger partial charge in [0, 0.05) is 60.5 Å². The molecule has 5 aromatic heterocycles. The summed E-state index contributed by atoms with van der Waals surface area (Å²) in [4.78, 5) is 52.0. The van der Waals surface area contributed by atoms with E-state index in [1.54, 1.807) is 47.4 Å². The van der Waals surface area contributed by atoms with Crippen molar-refractivity contribution < 1.29 is 14.4 Å². The van der Waals surface area contributed by atoms with Crippen LogP contribution in [0.4, 0.5) is 5.95 Å². The number of aryl methyl sites for hydroxylation is 4. The average Bonchev–Trinajstić information content (AvgIpc) is 3.89. The van der Waals surface area contributed by atoms with Crippen LogP contribution in [0.25, 0.3) is 44.5 Å². The summed E-state index contributed by atoms with van der Waals surface area (Å²) in [7, 11) is 0. The minimum absolute atomic E-state index is 0.312. The first-order valence-corrected chi connectivity index (χ1v) is 16.5. The largest absolute Gasteiger partial charge is 0.366 e. The van der Waals surface area contributed by atoms with Gasteiger partial charge in [-0.3, -0.25) is 29.1 Å². The molecule has 0 aliphatic carbocycles. The third-order valence-corrected chi connectivity index (χ3v) is 8.85. The van der Waals surface area contributed by atoms with Gasteiger partial charge >= 0.3 is 0 Å². The lowest BCUT2D eigenvalue weighted by molar-refractivity contribution is 0.0992. The number of amides is 3. The number of nitrogens with two attached hydrogens (primary N) is 2.